The maximum Gasteiger partial charge on any atom is 0 e. The van der Waals surface area contributed by atoms with E-state index in [0.717, 1.165) is 0 Å². The Bertz CT molecular complexity index is 7.61. The van der Waals surface area contributed by atoms with Gasteiger partial charge in [-0.2, -0.15) is 27.0 Å². The summed E-state index contributed by atoms with van der Waals surface area (Å²) in [6.07, 6.45) is 0. The molecule has 0 saturated heterocycles. The van der Waals surface area contributed by atoms with Gasteiger partial charge in [-0.25, -0.2) is 0 Å². The fourth-order valence-corrected chi connectivity index (χ4v) is 0. The molecule has 5 heavy (non-hydrogen) atoms. The molecule has 0 atom stereocenters. The Morgan fingerprint density at radius 2 is 0.600 bits per heavy atom. The summed E-state index contributed by atoms with van der Waals surface area (Å²) in [4.78, 5) is 0. The Kier molecular flexibility index (Phi) is 283. The van der Waals surface area contributed by atoms with Gasteiger partial charge >= 0.3 is 0 Å². The predicted octanol–water partition coefficient (Wildman–Crippen LogP) is -0.160. The molecule has 0 aromatic rings. The van der Waals surface area contributed by atoms with Crippen molar-refractivity contribution in [1.29, 1.82) is 0 Å². The molecule has 0 rings (SSSR count). The van der Waals surface area contributed by atoms with Gasteiger partial charge in [0.2, 0.25) is 0 Å². The Morgan fingerprint density at radius 1 is 0.600 bits per heavy atom. The van der Waals surface area contributed by atoms with Crippen LogP contribution < -0.4 is 0 Å². The third-order valence-electron chi connectivity index (χ3n) is 0. The summed E-state index contributed by atoms with van der Waals surface area (Å²) >= 11 is 0. The van der Waals surface area contributed by atoms with Gasteiger partial charge in [0.15, 0.2) is 0 Å². The molecule has 0 spiro atoms. The molecule has 0 fully saturated rings. The van der Waals surface area contributed by atoms with Crippen molar-refractivity contribution < 1.29 is 44.8 Å². The first-order valence-electron chi connectivity index (χ1n) is 0. The van der Waals surface area contributed by atoms with Gasteiger partial charge in [0.25, 0.3) is 0 Å². The second-order valence-electron chi connectivity index (χ2n) is 0. The molecule has 0 aliphatic heterocycles. The van der Waals surface area contributed by atoms with Gasteiger partial charge in [0.05, 0.1) is 0 Å². The first-order chi connectivity index (χ1) is 0. The van der Waals surface area contributed by atoms with Crippen LogP contribution in [0.2, 0.25) is 0 Å². The molecule has 0 bridgehead atoms. The molecule has 0 aliphatic carbocycles. The van der Waals surface area contributed by atoms with Crippen molar-refractivity contribution in [3.8, 4) is 0 Å². The van der Waals surface area contributed by atoms with Crippen molar-refractivity contribution in [3.63, 3.8) is 0 Å². The predicted molar refractivity (Wildman–Crippen MR) is 26.5 cm³/mol. The quantitative estimate of drug-likeness (QED) is 0.375. The van der Waals surface area contributed by atoms with Crippen LogP contribution in [0, 0.1) is 0 Å². The number of rotatable bonds is 0. The average Bonchev–Trinajstić information content (AvgIpc) is 0. The van der Waals surface area contributed by atoms with E-state index < -0.39 is 0 Å². The summed E-state index contributed by atoms with van der Waals surface area (Å²) in [6, 6.07) is 0. The van der Waals surface area contributed by atoms with Crippen molar-refractivity contribution in [3.05, 3.63) is 0 Å². The summed E-state index contributed by atoms with van der Waals surface area (Å²) in [6.45, 7) is 0. The summed E-state index contributed by atoms with van der Waals surface area (Å²) in [5.74, 6) is 0. The third-order valence-corrected chi connectivity index (χ3v) is 0. The molecule has 0 saturated carbocycles. The van der Waals surface area contributed by atoms with E-state index in [0.29, 0.717) is 0 Å². The summed E-state index contributed by atoms with van der Waals surface area (Å²) in [7, 11) is 0. The maximum atomic E-state index is 0. The van der Waals surface area contributed by atoms with Crippen molar-refractivity contribution in [2.24, 2.45) is 0 Å². The van der Waals surface area contributed by atoms with Crippen molar-refractivity contribution in [2.45, 2.75) is 0 Å². The summed E-state index contributed by atoms with van der Waals surface area (Å²) in [5, 5.41) is 0. The molecule has 0 heterocycles. The van der Waals surface area contributed by atoms with Crippen LogP contribution in [0.1, 0.15) is 0 Å². The molecular weight excluding hydrogens is 537 g/mol. The van der Waals surface area contributed by atoms with Gasteiger partial charge in [-0.3, -0.25) is 0 Å². The zero-order valence-corrected chi connectivity index (χ0v) is 10.1. The zero-order valence-electron chi connectivity index (χ0n) is 2.01. The van der Waals surface area contributed by atoms with Crippen LogP contribution in [-0.4, -0.2) is 17.1 Å². The van der Waals surface area contributed by atoms with E-state index in [4.69, 9.17) is 0 Å². The van der Waals surface area contributed by atoms with Crippen LogP contribution in [-0.2, 0) is 44.8 Å². The van der Waals surface area contributed by atoms with Crippen LogP contribution >= 0.6 is 27.0 Å². The third kappa shape index (κ3) is 20.3. The summed E-state index contributed by atoms with van der Waals surface area (Å²) in [5.41, 5.74) is 0. The smallest absolute Gasteiger partial charge is 0 e. The normalized spacial score (nSPS) is 0. The van der Waals surface area contributed by atoms with E-state index in [1.807, 2.05) is 0 Å². The number of hydrogen-bond acceptors (Lipinski definition) is 0. The van der Waals surface area contributed by atoms with Crippen LogP contribution in [0.3, 0.4) is 0 Å². The average molecular weight is 541 g/mol. The van der Waals surface area contributed by atoms with Crippen molar-refractivity contribution in [1.82, 2.24) is 0 Å². The van der Waals surface area contributed by atoms with E-state index in [1.165, 1.54) is 0 Å². The Labute approximate surface area is 87.6 Å². The largest absolute Gasteiger partial charge is 0.197 e. The minimum atomic E-state index is 0. The molecular formula is H4Au2S2Se. The van der Waals surface area contributed by atoms with Crippen molar-refractivity contribution >= 4 is 44.1 Å². The van der Waals surface area contributed by atoms with Crippen LogP contribution in [0.4, 0.5) is 0 Å². The van der Waals surface area contributed by atoms with Gasteiger partial charge < -0.3 is 0 Å². The van der Waals surface area contributed by atoms with Gasteiger partial charge in [0.1, 0.15) is 0 Å². The van der Waals surface area contributed by atoms with Crippen LogP contribution in [0.15, 0.2) is 0 Å². The van der Waals surface area contributed by atoms with E-state index in [1.54, 1.807) is 0 Å². The van der Waals surface area contributed by atoms with Gasteiger partial charge in [-0.15, -0.1) is 0 Å². The van der Waals surface area contributed by atoms with E-state index in [9.17, 15) is 0 Å². The fourth-order valence-electron chi connectivity index (χ4n) is 0. The van der Waals surface area contributed by atoms with Crippen LogP contribution in [0.5, 0.6) is 0 Å². The molecule has 44 valence electrons. The Balaban J connectivity index is 0. The van der Waals surface area contributed by atoms with E-state index in [-0.39, 0.29) is 88.8 Å². The first kappa shape index (κ1) is 47.4. The molecule has 0 N–H and O–H groups in total. The standard InChI is InChI=1S/2Au.2H2S.Se/h;;2*1H2;. The molecule has 0 aromatic heterocycles. The second kappa shape index (κ2) is 29.9. The SMILES string of the molecule is S.S.[Au].[Au].[Se]. The minimum absolute atomic E-state index is 0. The van der Waals surface area contributed by atoms with Gasteiger partial charge in [-0.1, -0.05) is 0 Å². The molecule has 0 nitrogen and oxygen atoms in total. The van der Waals surface area contributed by atoms with E-state index >= 15 is 0 Å². The Morgan fingerprint density at radius 3 is 0.600 bits per heavy atom. The molecule has 0 aromatic carbocycles. The topological polar surface area (TPSA) is 0 Å². The molecule has 0 unspecified atom stereocenters. The van der Waals surface area contributed by atoms with Gasteiger partial charge in [0, 0.05) is 61.8 Å². The monoisotopic (exact) mass is 542 g/mol. The van der Waals surface area contributed by atoms with E-state index in [2.05, 4.69) is 0 Å². The van der Waals surface area contributed by atoms with Crippen LogP contribution in [0.25, 0.3) is 0 Å². The second-order valence-corrected chi connectivity index (χ2v) is 0. The maximum absolute atomic E-state index is 0. The summed E-state index contributed by atoms with van der Waals surface area (Å²) < 4.78 is 0. The fraction of sp³-hybridized carbons (Fsp3) is 0. The zero-order chi connectivity index (χ0) is 0. The molecule has 0 aliphatic rings. The first-order valence-corrected chi connectivity index (χ1v) is 0. The molecule has 0 amide bonds. The molecule has 5 heteroatoms. The van der Waals surface area contributed by atoms with Crippen molar-refractivity contribution in [2.75, 3.05) is 0 Å². The minimum Gasteiger partial charge on any atom is -0.197 e. The molecule has 4 radical (unpaired) electrons. The Hall–Kier alpha value is 2.70. The number of hydrogen-bond donors (Lipinski definition) is 0. The van der Waals surface area contributed by atoms with Gasteiger partial charge in [-0.05, 0) is 0 Å².